The van der Waals surface area contributed by atoms with Gasteiger partial charge in [0.1, 0.15) is 0 Å². The Kier molecular flexibility index (Phi) is 2.88. The van der Waals surface area contributed by atoms with Gasteiger partial charge in [-0.25, -0.2) is 0 Å². The van der Waals surface area contributed by atoms with E-state index in [-0.39, 0.29) is 6.61 Å². The number of aliphatic hydroxyl groups is 1. The molecule has 0 aromatic heterocycles. The molecule has 0 unspecified atom stereocenters. The van der Waals surface area contributed by atoms with Crippen molar-refractivity contribution in [3.05, 3.63) is 0 Å². The second-order valence-electron chi connectivity index (χ2n) is 3.19. The van der Waals surface area contributed by atoms with Crippen LogP contribution in [0.4, 0.5) is 0 Å². The van der Waals surface area contributed by atoms with Crippen LogP contribution in [0, 0.1) is 5.41 Å². The van der Waals surface area contributed by atoms with Crippen molar-refractivity contribution in [2.45, 2.75) is 25.7 Å². The Hall–Kier alpha value is -0.570. The van der Waals surface area contributed by atoms with Gasteiger partial charge in [-0.2, -0.15) is 0 Å². The highest BCUT2D eigenvalue weighted by molar-refractivity contribution is 5.36. The molecule has 1 rings (SSSR count). The lowest BCUT2D eigenvalue weighted by Gasteiger charge is -2.11. The van der Waals surface area contributed by atoms with Crippen LogP contribution in [0.5, 0.6) is 0 Å². The van der Waals surface area contributed by atoms with Crippen LogP contribution < -0.4 is 0 Å². The third-order valence-electron chi connectivity index (χ3n) is 2.42. The molecule has 1 aliphatic rings. The average molecular weight is 158 g/mol. The fraction of sp³-hybridized carbons (Fsp3) is 0.875. The van der Waals surface area contributed by atoms with Crippen LogP contribution in [-0.4, -0.2) is 24.8 Å². The lowest BCUT2D eigenvalue weighted by Crippen LogP contribution is -2.07. The lowest BCUT2D eigenvalue weighted by atomic mass is 9.99. The van der Waals surface area contributed by atoms with E-state index in [0.717, 1.165) is 12.8 Å². The fourth-order valence-electron chi connectivity index (χ4n) is 1.36. The third-order valence-corrected chi connectivity index (χ3v) is 2.42. The summed E-state index contributed by atoms with van der Waals surface area (Å²) in [6.45, 7) is 1.24. The van der Waals surface area contributed by atoms with Crippen molar-refractivity contribution in [3.63, 3.8) is 0 Å². The Balaban J connectivity index is 2.08. The summed E-state index contributed by atoms with van der Waals surface area (Å²) < 4.78 is 4.59. The maximum atomic E-state index is 9.80. The Bertz CT molecular complexity index is 129. The summed E-state index contributed by atoms with van der Waals surface area (Å²) in [5.41, 5.74) is 0.317. The highest BCUT2D eigenvalue weighted by atomic mass is 16.5. The van der Waals surface area contributed by atoms with Gasteiger partial charge in [0.15, 0.2) is 0 Å². The van der Waals surface area contributed by atoms with Crippen LogP contribution in [0.3, 0.4) is 0 Å². The molecule has 1 N–H and O–H groups in total. The van der Waals surface area contributed by atoms with E-state index in [1.165, 1.54) is 12.8 Å². The molecule has 1 fully saturated rings. The van der Waals surface area contributed by atoms with Gasteiger partial charge < -0.3 is 9.84 Å². The van der Waals surface area contributed by atoms with Crippen molar-refractivity contribution in [2.75, 3.05) is 13.2 Å². The summed E-state index contributed by atoms with van der Waals surface area (Å²) in [4.78, 5) is 9.80. The van der Waals surface area contributed by atoms with Crippen molar-refractivity contribution < 1.29 is 14.6 Å². The number of carbonyl (C=O) groups is 1. The summed E-state index contributed by atoms with van der Waals surface area (Å²) in [6, 6.07) is 0. The number of hydrogen-bond acceptors (Lipinski definition) is 3. The minimum Gasteiger partial charge on any atom is -0.468 e. The summed E-state index contributed by atoms with van der Waals surface area (Å²) >= 11 is 0. The number of ether oxygens (including phenoxy) is 1. The monoisotopic (exact) mass is 158 g/mol. The zero-order valence-electron chi connectivity index (χ0n) is 6.58. The first kappa shape index (κ1) is 8.53. The van der Waals surface area contributed by atoms with Gasteiger partial charge in [0.25, 0.3) is 6.47 Å². The minimum atomic E-state index is 0.251. The van der Waals surface area contributed by atoms with E-state index in [1.54, 1.807) is 0 Å². The van der Waals surface area contributed by atoms with Crippen LogP contribution >= 0.6 is 0 Å². The maximum Gasteiger partial charge on any atom is 0.293 e. The zero-order valence-corrected chi connectivity index (χ0v) is 6.58. The van der Waals surface area contributed by atoms with Gasteiger partial charge in [-0.3, -0.25) is 4.79 Å². The van der Waals surface area contributed by atoms with E-state index < -0.39 is 0 Å². The normalized spacial score (nSPS) is 19.4. The second kappa shape index (κ2) is 3.72. The van der Waals surface area contributed by atoms with E-state index in [2.05, 4.69) is 4.74 Å². The minimum absolute atomic E-state index is 0.251. The molecule has 64 valence electrons. The third kappa shape index (κ3) is 2.50. The molecule has 1 saturated carbocycles. The standard InChI is InChI=1S/C8H14O3/c9-5-3-8(1-2-8)4-6-11-7-10/h7,9H,1-6H2. The summed E-state index contributed by atoms with van der Waals surface area (Å²) in [6.07, 6.45) is 4.12. The number of aliphatic hydroxyl groups excluding tert-OH is 1. The lowest BCUT2D eigenvalue weighted by molar-refractivity contribution is -0.129. The van der Waals surface area contributed by atoms with E-state index in [0.29, 0.717) is 18.5 Å². The highest BCUT2D eigenvalue weighted by Crippen LogP contribution is 2.51. The molecule has 0 radical (unpaired) electrons. The number of hydrogen-bond donors (Lipinski definition) is 1. The summed E-state index contributed by atoms with van der Waals surface area (Å²) in [5, 5.41) is 8.69. The maximum absolute atomic E-state index is 9.80. The Labute approximate surface area is 66.4 Å². The molecule has 0 bridgehead atoms. The topological polar surface area (TPSA) is 46.5 Å². The van der Waals surface area contributed by atoms with E-state index in [4.69, 9.17) is 5.11 Å². The van der Waals surface area contributed by atoms with Crippen LogP contribution in [0.2, 0.25) is 0 Å². The molecule has 11 heavy (non-hydrogen) atoms. The van der Waals surface area contributed by atoms with Gasteiger partial charge in [0.05, 0.1) is 6.61 Å². The molecule has 0 spiro atoms. The summed E-state index contributed by atoms with van der Waals surface area (Å²) in [5.74, 6) is 0. The Morgan fingerprint density at radius 1 is 1.45 bits per heavy atom. The number of carbonyl (C=O) groups excluding carboxylic acids is 1. The van der Waals surface area contributed by atoms with E-state index >= 15 is 0 Å². The molecule has 0 saturated heterocycles. The van der Waals surface area contributed by atoms with Gasteiger partial charge >= 0.3 is 0 Å². The van der Waals surface area contributed by atoms with Gasteiger partial charge in [0.2, 0.25) is 0 Å². The quantitative estimate of drug-likeness (QED) is 0.457. The first-order valence-corrected chi connectivity index (χ1v) is 3.99. The molecular weight excluding hydrogens is 144 g/mol. The van der Waals surface area contributed by atoms with Gasteiger partial charge in [-0.15, -0.1) is 0 Å². The Morgan fingerprint density at radius 3 is 2.64 bits per heavy atom. The second-order valence-corrected chi connectivity index (χ2v) is 3.19. The molecule has 0 amide bonds. The molecule has 0 aromatic carbocycles. The first-order valence-electron chi connectivity index (χ1n) is 3.99. The average Bonchev–Trinajstić information content (AvgIpc) is 2.71. The van der Waals surface area contributed by atoms with Gasteiger partial charge in [-0.05, 0) is 31.1 Å². The predicted octanol–water partition coefficient (Wildman–Crippen LogP) is 0.712. The van der Waals surface area contributed by atoms with E-state index in [1.807, 2.05) is 0 Å². The molecule has 0 aliphatic heterocycles. The van der Waals surface area contributed by atoms with Gasteiger partial charge in [0, 0.05) is 6.61 Å². The van der Waals surface area contributed by atoms with Crippen molar-refractivity contribution in [1.82, 2.24) is 0 Å². The van der Waals surface area contributed by atoms with Gasteiger partial charge in [-0.1, -0.05) is 0 Å². The van der Waals surface area contributed by atoms with Crippen LogP contribution in [0.15, 0.2) is 0 Å². The fourth-order valence-corrected chi connectivity index (χ4v) is 1.36. The number of rotatable bonds is 6. The molecule has 0 atom stereocenters. The SMILES string of the molecule is O=COCCC1(CCO)CC1. The smallest absolute Gasteiger partial charge is 0.293 e. The van der Waals surface area contributed by atoms with E-state index in [9.17, 15) is 4.79 Å². The van der Waals surface area contributed by atoms with Crippen molar-refractivity contribution >= 4 is 6.47 Å². The Morgan fingerprint density at radius 2 is 2.18 bits per heavy atom. The zero-order chi connectivity index (χ0) is 8.16. The van der Waals surface area contributed by atoms with Crippen molar-refractivity contribution in [3.8, 4) is 0 Å². The summed E-state index contributed by atoms with van der Waals surface area (Å²) in [7, 11) is 0. The van der Waals surface area contributed by atoms with Crippen LogP contribution in [0.1, 0.15) is 25.7 Å². The molecule has 1 aliphatic carbocycles. The molecule has 0 aromatic rings. The largest absolute Gasteiger partial charge is 0.468 e. The molecule has 0 heterocycles. The highest BCUT2D eigenvalue weighted by Gasteiger charge is 2.41. The van der Waals surface area contributed by atoms with Crippen LogP contribution in [0.25, 0.3) is 0 Å². The predicted molar refractivity (Wildman–Crippen MR) is 40.0 cm³/mol. The molecule has 3 nitrogen and oxygen atoms in total. The van der Waals surface area contributed by atoms with Crippen LogP contribution in [-0.2, 0) is 9.53 Å². The molecule has 3 heteroatoms. The van der Waals surface area contributed by atoms with Crippen molar-refractivity contribution in [1.29, 1.82) is 0 Å². The first-order chi connectivity index (χ1) is 5.33. The molecular formula is C8H14O3. The van der Waals surface area contributed by atoms with Crippen molar-refractivity contribution in [2.24, 2.45) is 5.41 Å².